The van der Waals surface area contributed by atoms with E-state index in [0.29, 0.717) is 24.2 Å². The van der Waals surface area contributed by atoms with Gasteiger partial charge in [0, 0.05) is 6.42 Å². The average molecular weight is 281 g/mol. The van der Waals surface area contributed by atoms with Crippen molar-refractivity contribution in [2.24, 2.45) is 5.92 Å². The lowest BCUT2D eigenvalue weighted by molar-refractivity contribution is -0.157. The smallest absolute Gasteiger partial charge is 0.335 e. The Morgan fingerprint density at radius 3 is 2.75 bits per heavy atom. The van der Waals surface area contributed by atoms with E-state index in [1.807, 2.05) is 20.8 Å². The van der Waals surface area contributed by atoms with Crippen molar-refractivity contribution < 1.29 is 23.8 Å². The van der Waals surface area contributed by atoms with E-state index in [4.69, 9.17) is 14.2 Å². The number of fused-ring (bicyclic) bond motifs is 3. The maximum atomic E-state index is 12.2. The first-order valence-electron chi connectivity index (χ1n) is 6.82. The van der Waals surface area contributed by atoms with Crippen LogP contribution in [0.4, 0.5) is 0 Å². The zero-order valence-corrected chi connectivity index (χ0v) is 12.1. The maximum absolute atomic E-state index is 12.2. The van der Waals surface area contributed by atoms with E-state index in [0.717, 1.165) is 0 Å². The third kappa shape index (κ3) is 1.86. The van der Waals surface area contributed by atoms with Crippen LogP contribution < -0.4 is 0 Å². The van der Waals surface area contributed by atoms with Gasteiger partial charge in [-0.15, -0.1) is 0 Å². The lowest BCUT2D eigenvalue weighted by Crippen LogP contribution is -2.39. The second-order valence-electron chi connectivity index (χ2n) is 5.99. The fourth-order valence-electron chi connectivity index (χ4n) is 3.31. The van der Waals surface area contributed by atoms with Crippen molar-refractivity contribution >= 4 is 11.9 Å². The topological polar surface area (TPSA) is 65.1 Å². The molecule has 3 atom stereocenters. The third-order valence-corrected chi connectivity index (χ3v) is 4.06. The molecule has 0 spiro atoms. The Kier molecular flexibility index (Phi) is 2.92. The normalized spacial score (nSPS) is 35.1. The lowest BCUT2D eigenvalue weighted by Gasteiger charge is -2.32. The number of hydrogen-bond donors (Lipinski definition) is 0. The van der Waals surface area contributed by atoms with Crippen molar-refractivity contribution in [1.29, 1.82) is 0 Å². The Bertz CT molecular complexity index is 510. The second-order valence-corrected chi connectivity index (χ2v) is 5.99. The lowest BCUT2D eigenvalue weighted by atomic mass is 9.90. The van der Waals surface area contributed by atoms with E-state index in [-0.39, 0.29) is 30.0 Å². The fourth-order valence-corrected chi connectivity index (χ4v) is 3.31. The first-order chi connectivity index (χ1) is 9.34. The van der Waals surface area contributed by atoms with Crippen LogP contribution in [0.1, 0.15) is 27.2 Å². The van der Waals surface area contributed by atoms with E-state index >= 15 is 0 Å². The van der Waals surface area contributed by atoms with Gasteiger partial charge in [0.2, 0.25) is 5.91 Å². The van der Waals surface area contributed by atoms with Crippen molar-refractivity contribution in [3.8, 4) is 0 Å². The molecule has 1 amide bonds. The number of amides is 1. The van der Waals surface area contributed by atoms with Crippen molar-refractivity contribution in [3.63, 3.8) is 0 Å². The average Bonchev–Trinajstić information content (AvgIpc) is 2.82. The van der Waals surface area contributed by atoms with Gasteiger partial charge in [-0.05, 0) is 19.8 Å². The highest BCUT2D eigenvalue weighted by molar-refractivity contribution is 5.95. The highest BCUT2D eigenvalue weighted by Gasteiger charge is 2.54. The molecular formula is C14H19NO5. The monoisotopic (exact) mass is 281 g/mol. The highest BCUT2D eigenvalue weighted by Crippen LogP contribution is 2.44. The minimum absolute atomic E-state index is 0.0135. The SMILES string of the molecule is COC(=O)C1=C2[C@@H]3OC(C)(C)O[C@@H]3CN2C(=O)C[C@H]1C. The zero-order valence-electron chi connectivity index (χ0n) is 12.1. The molecule has 3 aliphatic heterocycles. The summed E-state index contributed by atoms with van der Waals surface area (Å²) in [7, 11) is 1.35. The summed E-state index contributed by atoms with van der Waals surface area (Å²) in [6, 6.07) is 0. The summed E-state index contributed by atoms with van der Waals surface area (Å²) in [6.45, 7) is 5.97. The van der Waals surface area contributed by atoms with Crippen LogP contribution in [0.5, 0.6) is 0 Å². The van der Waals surface area contributed by atoms with Gasteiger partial charge in [0.1, 0.15) is 12.2 Å². The largest absolute Gasteiger partial charge is 0.466 e. The molecule has 3 aliphatic rings. The predicted molar refractivity (Wildman–Crippen MR) is 68.4 cm³/mol. The van der Waals surface area contributed by atoms with Gasteiger partial charge in [-0.2, -0.15) is 0 Å². The summed E-state index contributed by atoms with van der Waals surface area (Å²) in [6.07, 6.45) is -0.267. The fraction of sp³-hybridized carbons (Fsp3) is 0.714. The van der Waals surface area contributed by atoms with Crippen LogP contribution in [0.3, 0.4) is 0 Å². The highest BCUT2D eigenvalue weighted by atomic mass is 16.8. The second kappa shape index (κ2) is 4.30. The van der Waals surface area contributed by atoms with Crippen LogP contribution in [-0.2, 0) is 23.8 Å². The molecule has 0 aromatic rings. The minimum atomic E-state index is -0.695. The molecule has 2 saturated heterocycles. The molecule has 6 heteroatoms. The number of hydrogen-bond acceptors (Lipinski definition) is 5. The zero-order chi connectivity index (χ0) is 14.7. The van der Waals surface area contributed by atoms with Crippen LogP contribution in [0.2, 0.25) is 0 Å². The molecule has 3 heterocycles. The molecule has 0 saturated carbocycles. The number of methoxy groups -OCH3 is 1. The quantitative estimate of drug-likeness (QED) is 0.666. The molecule has 0 bridgehead atoms. The Hall–Kier alpha value is -1.40. The molecule has 0 aromatic carbocycles. The number of rotatable bonds is 1. The number of ether oxygens (including phenoxy) is 3. The number of nitrogens with zero attached hydrogens (tertiary/aromatic N) is 1. The Labute approximate surface area is 117 Å². The molecule has 110 valence electrons. The van der Waals surface area contributed by atoms with Gasteiger partial charge in [-0.3, -0.25) is 4.79 Å². The molecule has 3 rings (SSSR count). The number of carbonyl (C=O) groups is 2. The molecule has 6 nitrogen and oxygen atoms in total. The summed E-state index contributed by atoms with van der Waals surface area (Å²) in [4.78, 5) is 25.8. The van der Waals surface area contributed by atoms with Crippen molar-refractivity contribution in [2.75, 3.05) is 13.7 Å². The third-order valence-electron chi connectivity index (χ3n) is 4.06. The van der Waals surface area contributed by atoms with E-state index in [1.165, 1.54) is 7.11 Å². The van der Waals surface area contributed by atoms with Gasteiger partial charge in [0.05, 0.1) is 24.9 Å². The van der Waals surface area contributed by atoms with Crippen molar-refractivity contribution in [3.05, 3.63) is 11.3 Å². The Morgan fingerprint density at radius 1 is 1.40 bits per heavy atom. The van der Waals surface area contributed by atoms with E-state index in [1.54, 1.807) is 4.90 Å². The van der Waals surface area contributed by atoms with Crippen LogP contribution in [0, 0.1) is 5.92 Å². The molecule has 0 radical (unpaired) electrons. The first-order valence-corrected chi connectivity index (χ1v) is 6.82. The van der Waals surface area contributed by atoms with Gasteiger partial charge >= 0.3 is 5.97 Å². The predicted octanol–water partition coefficient (Wildman–Crippen LogP) is 0.816. The summed E-state index contributed by atoms with van der Waals surface area (Å²) in [5.74, 6) is -1.23. The van der Waals surface area contributed by atoms with Gasteiger partial charge in [0.25, 0.3) is 0 Å². The summed E-state index contributed by atoms with van der Waals surface area (Å²) in [5, 5.41) is 0. The van der Waals surface area contributed by atoms with Crippen molar-refractivity contribution in [1.82, 2.24) is 4.90 Å². The van der Waals surface area contributed by atoms with Crippen LogP contribution in [0.25, 0.3) is 0 Å². The summed E-state index contributed by atoms with van der Waals surface area (Å²) >= 11 is 0. The van der Waals surface area contributed by atoms with Gasteiger partial charge < -0.3 is 19.1 Å². The van der Waals surface area contributed by atoms with Crippen LogP contribution in [-0.4, -0.2) is 48.4 Å². The van der Waals surface area contributed by atoms with E-state index < -0.39 is 5.79 Å². The molecule has 0 aromatic heterocycles. The van der Waals surface area contributed by atoms with E-state index in [9.17, 15) is 9.59 Å². The summed E-state index contributed by atoms with van der Waals surface area (Å²) in [5.41, 5.74) is 1.18. The van der Waals surface area contributed by atoms with Crippen LogP contribution in [0.15, 0.2) is 11.3 Å². The molecule has 20 heavy (non-hydrogen) atoms. The molecule has 0 aliphatic carbocycles. The Morgan fingerprint density at radius 2 is 2.10 bits per heavy atom. The standard InChI is InChI=1S/C14H19NO5/c1-7-5-9(16)15-6-8-12(20-14(2,3)19-8)11(15)10(7)13(17)18-4/h7-8,12H,5-6H2,1-4H3/t7-,8-,12-/m1/s1. The Balaban J connectivity index is 2.07. The maximum Gasteiger partial charge on any atom is 0.335 e. The van der Waals surface area contributed by atoms with Crippen LogP contribution >= 0.6 is 0 Å². The molecule has 0 N–H and O–H groups in total. The summed E-state index contributed by atoms with van der Waals surface area (Å²) < 4.78 is 16.6. The molecule has 0 unspecified atom stereocenters. The molecular weight excluding hydrogens is 262 g/mol. The van der Waals surface area contributed by atoms with Gasteiger partial charge in [-0.25, -0.2) is 4.79 Å². The van der Waals surface area contributed by atoms with Gasteiger partial charge in [0.15, 0.2) is 5.79 Å². The van der Waals surface area contributed by atoms with Gasteiger partial charge in [-0.1, -0.05) is 6.92 Å². The van der Waals surface area contributed by atoms with E-state index in [2.05, 4.69) is 0 Å². The van der Waals surface area contributed by atoms with Crippen molar-refractivity contribution in [2.45, 2.75) is 45.2 Å². The number of carbonyl (C=O) groups excluding carboxylic acids is 2. The molecule has 2 fully saturated rings. The minimum Gasteiger partial charge on any atom is -0.466 e. The number of esters is 1. The first kappa shape index (κ1) is 13.6.